The number of benzene rings is 3. The SMILES string of the molecule is O=Cc1ccc(C(=O)Cc2cc(Cc3ccccc3)ccc2O)c(F)c1. The highest BCUT2D eigenvalue weighted by atomic mass is 19.1. The van der Waals surface area contributed by atoms with Gasteiger partial charge in [-0.15, -0.1) is 0 Å². The van der Waals surface area contributed by atoms with E-state index in [2.05, 4.69) is 0 Å². The summed E-state index contributed by atoms with van der Waals surface area (Å²) in [5, 5.41) is 10.1. The molecule has 0 heterocycles. The molecule has 0 radical (unpaired) electrons. The Bertz CT molecular complexity index is 949. The third-order valence-corrected chi connectivity index (χ3v) is 4.18. The van der Waals surface area contributed by atoms with Gasteiger partial charge in [-0.05, 0) is 35.7 Å². The highest BCUT2D eigenvalue weighted by molar-refractivity contribution is 5.98. The number of hydrogen-bond acceptors (Lipinski definition) is 3. The molecule has 130 valence electrons. The molecule has 0 saturated carbocycles. The molecule has 0 bridgehead atoms. The van der Waals surface area contributed by atoms with E-state index < -0.39 is 11.6 Å². The number of carbonyl (C=O) groups excluding carboxylic acids is 2. The quantitative estimate of drug-likeness (QED) is 0.532. The van der Waals surface area contributed by atoms with Crippen molar-refractivity contribution >= 4 is 12.1 Å². The van der Waals surface area contributed by atoms with E-state index in [4.69, 9.17) is 0 Å². The Balaban J connectivity index is 1.81. The van der Waals surface area contributed by atoms with Crippen LogP contribution in [0.5, 0.6) is 5.75 Å². The van der Waals surface area contributed by atoms with Crippen LogP contribution < -0.4 is 0 Å². The van der Waals surface area contributed by atoms with Gasteiger partial charge in [0.05, 0.1) is 5.56 Å². The molecule has 0 amide bonds. The number of rotatable bonds is 6. The molecule has 4 heteroatoms. The predicted molar refractivity (Wildman–Crippen MR) is 97.2 cm³/mol. The van der Waals surface area contributed by atoms with Gasteiger partial charge in [0, 0.05) is 17.5 Å². The first-order chi connectivity index (χ1) is 12.6. The second-order valence-corrected chi connectivity index (χ2v) is 6.08. The van der Waals surface area contributed by atoms with E-state index in [9.17, 15) is 19.1 Å². The third-order valence-electron chi connectivity index (χ3n) is 4.18. The molecule has 0 saturated heterocycles. The molecule has 1 N–H and O–H groups in total. The number of hydrogen-bond donors (Lipinski definition) is 1. The topological polar surface area (TPSA) is 54.4 Å². The number of ketones is 1. The Morgan fingerprint density at radius 3 is 2.42 bits per heavy atom. The van der Waals surface area contributed by atoms with E-state index in [0.717, 1.165) is 17.2 Å². The van der Waals surface area contributed by atoms with E-state index in [1.807, 2.05) is 30.3 Å². The van der Waals surface area contributed by atoms with Crippen LogP contribution in [0.1, 0.15) is 37.4 Å². The molecule has 0 aromatic heterocycles. The predicted octanol–water partition coefficient (Wildman–Crippen LogP) is 4.36. The first kappa shape index (κ1) is 17.5. The number of aldehydes is 1. The summed E-state index contributed by atoms with van der Waals surface area (Å²) in [4.78, 5) is 23.1. The molecule has 0 aliphatic carbocycles. The Labute approximate surface area is 150 Å². The minimum absolute atomic E-state index is 0.0000755. The van der Waals surface area contributed by atoms with Crippen LogP contribution in [0.3, 0.4) is 0 Å². The smallest absolute Gasteiger partial charge is 0.170 e. The Kier molecular flexibility index (Phi) is 5.23. The summed E-state index contributed by atoms with van der Waals surface area (Å²) in [6.07, 6.45) is 1.08. The van der Waals surface area contributed by atoms with E-state index in [1.165, 1.54) is 12.1 Å². The lowest BCUT2D eigenvalue weighted by atomic mass is 9.97. The number of Topliss-reactive ketones (excluding diaryl/α,β-unsaturated/α-hetero) is 1. The molecule has 0 aliphatic rings. The van der Waals surface area contributed by atoms with Gasteiger partial charge < -0.3 is 5.11 Å². The minimum atomic E-state index is -0.737. The van der Waals surface area contributed by atoms with Crippen molar-refractivity contribution in [1.82, 2.24) is 0 Å². The standard InChI is InChI=1S/C22H17FO3/c23-20-12-17(14-24)6-8-19(20)22(26)13-18-11-16(7-9-21(18)25)10-15-4-2-1-3-5-15/h1-9,11-12,14,25H,10,13H2. The fourth-order valence-electron chi connectivity index (χ4n) is 2.82. The van der Waals surface area contributed by atoms with Crippen molar-refractivity contribution in [2.75, 3.05) is 0 Å². The summed E-state index contributed by atoms with van der Waals surface area (Å²) in [7, 11) is 0. The van der Waals surface area contributed by atoms with Crippen molar-refractivity contribution in [3.05, 3.63) is 100 Å². The third kappa shape index (κ3) is 4.03. The van der Waals surface area contributed by atoms with Gasteiger partial charge in [0.1, 0.15) is 17.9 Å². The maximum atomic E-state index is 14.0. The van der Waals surface area contributed by atoms with E-state index >= 15 is 0 Å². The molecule has 0 aliphatic heterocycles. The molecule has 0 spiro atoms. The zero-order valence-electron chi connectivity index (χ0n) is 14.0. The van der Waals surface area contributed by atoms with Crippen molar-refractivity contribution < 1.29 is 19.1 Å². The summed E-state index contributed by atoms with van der Waals surface area (Å²) in [6, 6.07) is 18.7. The zero-order chi connectivity index (χ0) is 18.5. The number of phenolic OH excluding ortho intramolecular Hbond substituents is 1. The largest absolute Gasteiger partial charge is 0.508 e. The van der Waals surface area contributed by atoms with E-state index in [1.54, 1.807) is 18.2 Å². The number of phenols is 1. The van der Waals surface area contributed by atoms with Gasteiger partial charge in [0.15, 0.2) is 5.78 Å². The first-order valence-electron chi connectivity index (χ1n) is 8.19. The van der Waals surface area contributed by atoms with Gasteiger partial charge in [-0.25, -0.2) is 4.39 Å². The van der Waals surface area contributed by atoms with Crippen molar-refractivity contribution in [2.45, 2.75) is 12.8 Å². The molecule has 0 atom stereocenters. The lowest BCUT2D eigenvalue weighted by molar-refractivity contribution is 0.0987. The van der Waals surface area contributed by atoms with Crippen LogP contribution in [0.25, 0.3) is 0 Å². The van der Waals surface area contributed by atoms with Crippen LogP contribution in [0.2, 0.25) is 0 Å². The maximum Gasteiger partial charge on any atom is 0.170 e. The molecule has 3 aromatic carbocycles. The molecular formula is C22H17FO3. The van der Waals surface area contributed by atoms with Crippen LogP contribution in [-0.2, 0) is 12.8 Å². The fourth-order valence-corrected chi connectivity index (χ4v) is 2.82. The van der Waals surface area contributed by atoms with Gasteiger partial charge in [0.2, 0.25) is 0 Å². The molecule has 3 aromatic rings. The lowest BCUT2D eigenvalue weighted by Crippen LogP contribution is -2.07. The summed E-state index contributed by atoms with van der Waals surface area (Å²) in [5.74, 6) is -1.19. The Morgan fingerprint density at radius 2 is 1.73 bits per heavy atom. The van der Waals surface area contributed by atoms with E-state index in [0.29, 0.717) is 18.3 Å². The van der Waals surface area contributed by atoms with Gasteiger partial charge in [-0.3, -0.25) is 9.59 Å². The second kappa shape index (κ2) is 7.74. The molecule has 26 heavy (non-hydrogen) atoms. The Morgan fingerprint density at radius 1 is 0.962 bits per heavy atom. The summed E-state index contributed by atoms with van der Waals surface area (Å²) < 4.78 is 14.0. The molecule has 3 nitrogen and oxygen atoms in total. The van der Waals surface area contributed by atoms with Gasteiger partial charge >= 0.3 is 0 Å². The minimum Gasteiger partial charge on any atom is -0.508 e. The van der Waals surface area contributed by atoms with Crippen molar-refractivity contribution in [3.63, 3.8) is 0 Å². The average molecular weight is 348 g/mol. The average Bonchev–Trinajstić information content (AvgIpc) is 2.65. The maximum absolute atomic E-state index is 14.0. The lowest BCUT2D eigenvalue weighted by Gasteiger charge is -2.09. The van der Waals surface area contributed by atoms with Crippen molar-refractivity contribution in [3.8, 4) is 5.75 Å². The van der Waals surface area contributed by atoms with Crippen LogP contribution in [0, 0.1) is 5.82 Å². The van der Waals surface area contributed by atoms with Crippen LogP contribution >= 0.6 is 0 Å². The summed E-state index contributed by atoms with van der Waals surface area (Å²) >= 11 is 0. The van der Waals surface area contributed by atoms with Crippen molar-refractivity contribution in [2.24, 2.45) is 0 Å². The van der Waals surface area contributed by atoms with E-state index in [-0.39, 0.29) is 23.3 Å². The number of halogens is 1. The van der Waals surface area contributed by atoms with Crippen LogP contribution in [0.4, 0.5) is 4.39 Å². The fraction of sp³-hybridized carbons (Fsp3) is 0.0909. The second-order valence-electron chi connectivity index (χ2n) is 6.08. The number of carbonyl (C=O) groups is 2. The summed E-state index contributed by atoms with van der Waals surface area (Å²) in [6.45, 7) is 0. The Hall–Kier alpha value is -3.27. The van der Waals surface area contributed by atoms with Crippen molar-refractivity contribution in [1.29, 1.82) is 0 Å². The van der Waals surface area contributed by atoms with Gasteiger partial charge in [-0.2, -0.15) is 0 Å². The number of aromatic hydroxyl groups is 1. The van der Waals surface area contributed by atoms with Gasteiger partial charge in [0.25, 0.3) is 0 Å². The summed E-state index contributed by atoms with van der Waals surface area (Å²) in [5.41, 5.74) is 2.59. The molecule has 0 unspecified atom stereocenters. The van der Waals surface area contributed by atoms with Gasteiger partial charge in [-0.1, -0.05) is 48.5 Å². The van der Waals surface area contributed by atoms with Crippen LogP contribution in [-0.4, -0.2) is 17.2 Å². The first-order valence-corrected chi connectivity index (χ1v) is 8.19. The highest BCUT2D eigenvalue weighted by Gasteiger charge is 2.15. The highest BCUT2D eigenvalue weighted by Crippen LogP contribution is 2.23. The zero-order valence-corrected chi connectivity index (χ0v) is 14.0. The molecule has 0 fully saturated rings. The molecule has 3 rings (SSSR count). The van der Waals surface area contributed by atoms with Crippen LogP contribution in [0.15, 0.2) is 66.7 Å². The monoisotopic (exact) mass is 348 g/mol. The molecular weight excluding hydrogens is 331 g/mol. The normalized spacial score (nSPS) is 10.5.